The van der Waals surface area contributed by atoms with Gasteiger partial charge in [-0.2, -0.15) is 0 Å². The standard InChI is InChI=1S/C17H23FN2O/c1-12-9-13(11-14(18)10-12)17(21)16-3-2-8-20(16)15-4-6-19-7-5-15/h9-11,15-16,19H,2-8H2,1H3. The van der Waals surface area contributed by atoms with Crippen LogP contribution in [0.5, 0.6) is 0 Å². The van der Waals surface area contributed by atoms with Crippen molar-refractivity contribution < 1.29 is 9.18 Å². The van der Waals surface area contributed by atoms with Crippen molar-refractivity contribution in [2.45, 2.75) is 44.7 Å². The molecular formula is C17H23FN2O. The third kappa shape index (κ3) is 3.16. The smallest absolute Gasteiger partial charge is 0.180 e. The molecule has 1 aromatic rings. The van der Waals surface area contributed by atoms with Gasteiger partial charge in [-0.3, -0.25) is 9.69 Å². The number of piperidine rings is 1. The number of ketones is 1. The number of halogens is 1. The molecule has 0 aromatic heterocycles. The molecular weight excluding hydrogens is 267 g/mol. The van der Waals surface area contributed by atoms with E-state index in [0.717, 1.165) is 50.9 Å². The predicted molar refractivity (Wildman–Crippen MR) is 81.1 cm³/mol. The molecule has 0 bridgehead atoms. The average molecular weight is 290 g/mol. The lowest BCUT2D eigenvalue weighted by molar-refractivity contribution is 0.0783. The van der Waals surface area contributed by atoms with Crippen LogP contribution < -0.4 is 5.32 Å². The third-order valence-electron chi connectivity index (χ3n) is 4.70. The minimum absolute atomic E-state index is 0.0608. The van der Waals surface area contributed by atoms with Gasteiger partial charge in [0.1, 0.15) is 5.82 Å². The second kappa shape index (κ2) is 6.24. The van der Waals surface area contributed by atoms with Crippen LogP contribution in [0.15, 0.2) is 18.2 Å². The van der Waals surface area contributed by atoms with E-state index in [-0.39, 0.29) is 17.6 Å². The van der Waals surface area contributed by atoms with E-state index in [2.05, 4.69) is 10.2 Å². The molecule has 1 aromatic carbocycles. The highest BCUT2D eigenvalue weighted by Crippen LogP contribution is 2.27. The fourth-order valence-corrected chi connectivity index (χ4v) is 3.72. The van der Waals surface area contributed by atoms with Crippen molar-refractivity contribution in [3.05, 3.63) is 35.1 Å². The van der Waals surface area contributed by atoms with Gasteiger partial charge in [0.15, 0.2) is 5.78 Å². The Kier molecular flexibility index (Phi) is 4.36. The number of rotatable bonds is 3. The van der Waals surface area contributed by atoms with E-state index < -0.39 is 0 Å². The lowest BCUT2D eigenvalue weighted by atomic mass is 9.97. The SMILES string of the molecule is Cc1cc(F)cc(C(=O)C2CCCN2C2CCNCC2)c1. The fraction of sp³-hybridized carbons (Fsp3) is 0.588. The zero-order valence-electron chi connectivity index (χ0n) is 12.6. The summed E-state index contributed by atoms with van der Waals surface area (Å²) in [7, 11) is 0. The van der Waals surface area contributed by atoms with E-state index in [0.29, 0.717) is 11.6 Å². The number of nitrogens with one attached hydrogen (secondary N) is 1. The van der Waals surface area contributed by atoms with Gasteiger partial charge in [0, 0.05) is 11.6 Å². The largest absolute Gasteiger partial charge is 0.317 e. The van der Waals surface area contributed by atoms with E-state index in [1.165, 1.54) is 12.1 Å². The molecule has 1 N–H and O–H groups in total. The van der Waals surface area contributed by atoms with E-state index in [1.54, 1.807) is 0 Å². The molecule has 0 saturated carbocycles. The van der Waals surface area contributed by atoms with Gasteiger partial charge in [-0.15, -0.1) is 0 Å². The van der Waals surface area contributed by atoms with Gasteiger partial charge in [0.2, 0.25) is 0 Å². The summed E-state index contributed by atoms with van der Waals surface area (Å²) in [6.07, 6.45) is 4.17. The Bertz CT molecular complexity index is 505. The number of aryl methyl sites for hydroxylation is 1. The van der Waals surface area contributed by atoms with Gasteiger partial charge in [-0.25, -0.2) is 4.39 Å². The highest BCUT2D eigenvalue weighted by atomic mass is 19.1. The molecule has 1 atom stereocenters. The lowest BCUT2D eigenvalue weighted by Gasteiger charge is -2.35. The van der Waals surface area contributed by atoms with Crippen molar-refractivity contribution >= 4 is 5.78 Å². The molecule has 114 valence electrons. The Labute approximate surface area is 125 Å². The number of benzene rings is 1. The van der Waals surface area contributed by atoms with Gasteiger partial charge in [0.25, 0.3) is 0 Å². The topological polar surface area (TPSA) is 32.3 Å². The average Bonchev–Trinajstić information content (AvgIpc) is 2.95. The van der Waals surface area contributed by atoms with Crippen molar-refractivity contribution in [2.24, 2.45) is 0 Å². The van der Waals surface area contributed by atoms with Crippen LogP contribution in [-0.4, -0.2) is 42.4 Å². The fourth-order valence-electron chi connectivity index (χ4n) is 3.72. The Morgan fingerprint density at radius 2 is 2.00 bits per heavy atom. The molecule has 2 aliphatic heterocycles. The van der Waals surface area contributed by atoms with Crippen molar-refractivity contribution in [1.82, 2.24) is 10.2 Å². The molecule has 0 aliphatic carbocycles. The molecule has 4 heteroatoms. The molecule has 2 fully saturated rings. The van der Waals surface area contributed by atoms with Crippen LogP contribution in [0.1, 0.15) is 41.6 Å². The van der Waals surface area contributed by atoms with Gasteiger partial charge in [-0.1, -0.05) is 0 Å². The number of hydrogen-bond acceptors (Lipinski definition) is 3. The van der Waals surface area contributed by atoms with Gasteiger partial charge >= 0.3 is 0 Å². The summed E-state index contributed by atoms with van der Waals surface area (Å²) in [5.41, 5.74) is 1.34. The Balaban J connectivity index is 1.79. The Hall–Kier alpha value is -1.26. The van der Waals surface area contributed by atoms with E-state index in [9.17, 15) is 9.18 Å². The molecule has 2 heterocycles. The monoisotopic (exact) mass is 290 g/mol. The van der Waals surface area contributed by atoms with Crippen LogP contribution in [0.25, 0.3) is 0 Å². The summed E-state index contributed by atoms with van der Waals surface area (Å²) >= 11 is 0. The number of hydrogen-bond donors (Lipinski definition) is 1. The number of Topliss-reactive ketones (excluding diaryl/α,β-unsaturated/α-hetero) is 1. The molecule has 3 rings (SSSR count). The molecule has 1 unspecified atom stereocenters. The van der Waals surface area contributed by atoms with Gasteiger partial charge < -0.3 is 5.32 Å². The van der Waals surface area contributed by atoms with Crippen LogP contribution >= 0.6 is 0 Å². The first-order chi connectivity index (χ1) is 10.1. The molecule has 2 aliphatic rings. The van der Waals surface area contributed by atoms with Crippen LogP contribution in [0.4, 0.5) is 4.39 Å². The number of likely N-dealkylation sites (tertiary alicyclic amines) is 1. The molecule has 0 radical (unpaired) electrons. The first kappa shape index (κ1) is 14.7. The van der Waals surface area contributed by atoms with Crippen molar-refractivity contribution in [1.29, 1.82) is 0 Å². The molecule has 0 spiro atoms. The molecule has 0 amide bonds. The molecule has 3 nitrogen and oxygen atoms in total. The Morgan fingerprint density at radius 1 is 1.24 bits per heavy atom. The molecule has 21 heavy (non-hydrogen) atoms. The predicted octanol–water partition coefficient (Wildman–Crippen LogP) is 2.53. The van der Waals surface area contributed by atoms with Gasteiger partial charge in [0.05, 0.1) is 6.04 Å². The number of nitrogens with zero attached hydrogens (tertiary/aromatic N) is 1. The van der Waals surface area contributed by atoms with Crippen molar-refractivity contribution in [2.75, 3.05) is 19.6 Å². The number of carbonyl (C=O) groups is 1. The zero-order valence-corrected chi connectivity index (χ0v) is 12.6. The molecule has 2 saturated heterocycles. The lowest BCUT2D eigenvalue weighted by Crippen LogP contribution is -2.47. The summed E-state index contributed by atoms with van der Waals surface area (Å²) in [5, 5.41) is 3.37. The Morgan fingerprint density at radius 3 is 2.71 bits per heavy atom. The summed E-state index contributed by atoms with van der Waals surface area (Å²) in [6, 6.07) is 5.10. The van der Waals surface area contributed by atoms with Crippen molar-refractivity contribution in [3.63, 3.8) is 0 Å². The zero-order chi connectivity index (χ0) is 14.8. The van der Waals surface area contributed by atoms with Gasteiger partial charge in [-0.05, 0) is 76.0 Å². The summed E-state index contributed by atoms with van der Waals surface area (Å²) < 4.78 is 13.6. The first-order valence-electron chi connectivity index (χ1n) is 7.93. The van der Waals surface area contributed by atoms with Crippen molar-refractivity contribution in [3.8, 4) is 0 Å². The van der Waals surface area contributed by atoms with E-state index in [1.807, 2.05) is 13.0 Å². The maximum absolute atomic E-state index is 13.6. The number of carbonyl (C=O) groups excluding carboxylic acids is 1. The maximum Gasteiger partial charge on any atom is 0.180 e. The normalized spacial score (nSPS) is 24.4. The summed E-state index contributed by atoms with van der Waals surface area (Å²) in [4.78, 5) is 15.1. The minimum atomic E-state index is -0.315. The second-order valence-corrected chi connectivity index (χ2v) is 6.26. The highest BCUT2D eigenvalue weighted by molar-refractivity contribution is 6.00. The summed E-state index contributed by atoms with van der Waals surface area (Å²) in [5.74, 6) is -0.224. The van der Waals surface area contributed by atoms with E-state index >= 15 is 0 Å². The quantitative estimate of drug-likeness (QED) is 0.868. The van der Waals surface area contributed by atoms with Crippen LogP contribution in [0.2, 0.25) is 0 Å². The van der Waals surface area contributed by atoms with E-state index in [4.69, 9.17) is 0 Å². The van der Waals surface area contributed by atoms with Crippen LogP contribution in [0.3, 0.4) is 0 Å². The first-order valence-corrected chi connectivity index (χ1v) is 7.93. The van der Waals surface area contributed by atoms with Crippen LogP contribution in [-0.2, 0) is 0 Å². The third-order valence-corrected chi connectivity index (χ3v) is 4.70. The maximum atomic E-state index is 13.6. The second-order valence-electron chi connectivity index (χ2n) is 6.26. The highest BCUT2D eigenvalue weighted by Gasteiger charge is 2.36. The summed E-state index contributed by atoms with van der Waals surface area (Å²) in [6.45, 7) is 4.89. The minimum Gasteiger partial charge on any atom is -0.317 e. The van der Waals surface area contributed by atoms with Crippen LogP contribution in [0, 0.1) is 12.7 Å².